The third-order valence-corrected chi connectivity index (χ3v) is 5.46. The van der Waals surface area contributed by atoms with Crippen LogP contribution in [-0.2, 0) is 9.59 Å². The van der Waals surface area contributed by atoms with Crippen molar-refractivity contribution >= 4 is 40.1 Å². The van der Waals surface area contributed by atoms with Gasteiger partial charge in [0.2, 0.25) is 0 Å². The summed E-state index contributed by atoms with van der Waals surface area (Å²) in [7, 11) is 1.58. The second-order valence-electron chi connectivity index (χ2n) is 6.46. The van der Waals surface area contributed by atoms with Gasteiger partial charge in [0.15, 0.2) is 0 Å². The lowest BCUT2D eigenvalue weighted by atomic mass is 10.2. The summed E-state index contributed by atoms with van der Waals surface area (Å²) in [5.41, 5.74) is 1.70. The van der Waals surface area contributed by atoms with Gasteiger partial charge in [0, 0.05) is 22.7 Å². The molecule has 2 amide bonds. The van der Waals surface area contributed by atoms with Crippen LogP contribution in [0, 0.1) is 0 Å². The summed E-state index contributed by atoms with van der Waals surface area (Å²) >= 11 is 1.41. The van der Waals surface area contributed by atoms with E-state index in [1.54, 1.807) is 37.4 Å². The number of hydrogen-bond donors (Lipinski definition) is 1. The molecule has 1 aliphatic heterocycles. The number of amides is 2. The van der Waals surface area contributed by atoms with Gasteiger partial charge in [0.25, 0.3) is 11.8 Å². The first-order valence-corrected chi connectivity index (χ1v) is 10.3. The minimum Gasteiger partial charge on any atom is -0.497 e. The minimum absolute atomic E-state index is 0.234. The van der Waals surface area contributed by atoms with Crippen molar-refractivity contribution in [2.45, 2.75) is 6.92 Å². The highest BCUT2D eigenvalue weighted by Crippen LogP contribution is 2.36. The fourth-order valence-corrected chi connectivity index (χ4v) is 4.02. The van der Waals surface area contributed by atoms with Gasteiger partial charge < -0.3 is 14.8 Å². The zero-order valence-corrected chi connectivity index (χ0v) is 17.4. The van der Waals surface area contributed by atoms with Crippen LogP contribution in [0.4, 0.5) is 11.4 Å². The number of nitrogens with one attached hydrogen (secondary N) is 1. The fourth-order valence-electron chi connectivity index (χ4n) is 3.25. The predicted octanol–water partition coefficient (Wildman–Crippen LogP) is 4.55. The molecule has 152 valence electrons. The lowest BCUT2D eigenvalue weighted by molar-refractivity contribution is -0.120. The number of carbonyl (C=O) groups excluding carboxylic acids is 2. The van der Waals surface area contributed by atoms with Crippen molar-refractivity contribution in [3.8, 4) is 11.5 Å². The Labute approximate surface area is 178 Å². The van der Waals surface area contributed by atoms with Gasteiger partial charge in [-0.3, -0.25) is 9.59 Å². The average Bonchev–Trinajstić information content (AvgIpc) is 3.35. The van der Waals surface area contributed by atoms with E-state index in [0.717, 1.165) is 4.88 Å². The Kier molecular flexibility index (Phi) is 5.54. The van der Waals surface area contributed by atoms with E-state index >= 15 is 0 Å². The third-order valence-electron chi connectivity index (χ3n) is 4.58. The summed E-state index contributed by atoms with van der Waals surface area (Å²) in [6.45, 7) is 2.37. The number of nitrogens with zero attached hydrogens (tertiary/aromatic N) is 1. The van der Waals surface area contributed by atoms with E-state index in [4.69, 9.17) is 9.47 Å². The van der Waals surface area contributed by atoms with Gasteiger partial charge in [-0.25, -0.2) is 4.90 Å². The van der Waals surface area contributed by atoms with E-state index in [1.165, 1.54) is 16.2 Å². The number of ether oxygens (including phenoxy) is 2. The molecule has 1 aliphatic rings. The molecule has 0 fully saturated rings. The molecule has 2 heterocycles. The number of hydrogen-bond acceptors (Lipinski definition) is 6. The van der Waals surface area contributed by atoms with Gasteiger partial charge in [-0.2, -0.15) is 0 Å². The molecule has 0 saturated heterocycles. The van der Waals surface area contributed by atoms with E-state index in [2.05, 4.69) is 5.32 Å². The maximum absolute atomic E-state index is 13.4. The summed E-state index contributed by atoms with van der Waals surface area (Å²) in [4.78, 5) is 28.6. The van der Waals surface area contributed by atoms with Crippen molar-refractivity contribution in [2.24, 2.45) is 0 Å². The van der Waals surface area contributed by atoms with E-state index in [-0.39, 0.29) is 11.6 Å². The number of rotatable bonds is 7. The second kappa shape index (κ2) is 8.42. The number of benzene rings is 2. The molecule has 0 spiro atoms. The number of imide groups is 1. The first-order chi connectivity index (χ1) is 14.6. The second-order valence-corrected chi connectivity index (χ2v) is 7.41. The predicted molar refractivity (Wildman–Crippen MR) is 118 cm³/mol. The van der Waals surface area contributed by atoms with Gasteiger partial charge in [0.05, 0.1) is 25.0 Å². The summed E-state index contributed by atoms with van der Waals surface area (Å²) in [5.74, 6) is 0.458. The lowest BCUT2D eigenvalue weighted by Crippen LogP contribution is -2.32. The summed E-state index contributed by atoms with van der Waals surface area (Å²) in [6, 6.07) is 17.9. The van der Waals surface area contributed by atoms with Crippen LogP contribution in [-0.4, -0.2) is 25.5 Å². The smallest absolute Gasteiger partial charge is 0.282 e. The molecule has 7 heteroatoms. The molecule has 0 unspecified atom stereocenters. The number of carbonyl (C=O) groups is 2. The van der Waals surface area contributed by atoms with Crippen molar-refractivity contribution in [2.75, 3.05) is 23.9 Å². The SMILES string of the molecule is CCOc1cccc(N2C(=O)C(Nc3cccc(OC)c3)=C(c3cccs3)C2=O)c1. The Hall–Kier alpha value is -3.58. The molecule has 0 saturated carbocycles. The van der Waals surface area contributed by atoms with E-state index in [1.807, 2.05) is 42.6 Å². The molecule has 30 heavy (non-hydrogen) atoms. The molecule has 0 bridgehead atoms. The zero-order valence-electron chi connectivity index (χ0n) is 16.5. The van der Waals surface area contributed by atoms with E-state index in [9.17, 15) is 9.59 Å². The normalized spacial score (nSPS) is 13.7. The Bertz CT molecular complexity index is 1120. The standard InChI is InChI=1S/C23H20N2O4S/c1-3-29-18-10-5-8-16(14-18)25-22(26)20(19-11-6-12-30-19)21(23(25)27)24-15-7-4-9-17(13-15)28-2/h4-14,24H,3H2,1-2H3. The van der Waals surface area contributed by atoms with Gasteiger partial charge in [0.1, 0.15) is 17.2 Å². The van der Waals surface area contributed by atoms with Crippen molar-refractivity contribution in [3.05, 3.63) is 76.6 Å². The van der Waals surface area contributed by atoms with Crippen LogP contribution in [0.5, 0.6) is 11.5 Å². The third kappa shape index (κ3) is 3.67. The molecule has 0 radical (unpaired) electrons. The largest absolute Gasteiger partial charge is 0.497 e. The highest BCUT2D eigenvalue weighted by atomic mass is 32.1. The van der Waals surface area contributed by atoms with Crippen LogP contribution in [0.2, 0.25) is 0 Å². The Morgan fingerprint density at radius 3 is 2.50 bits per heavy atom. The number of anilines is 2. The summed E-state index contributed by atoms with van der Waals surface area (Å²) in [6.07, 6.45) is 0. The van der Waals surface area contributed by atoms with Crippen LogP contribution in [0.1, 0.15) is 11.8 Å². The molecule has 0 atom stereocenters. The van der Waals surface area contributed by atoms with Crippen LogP contribution in [0.3, 0.4) is 0 Å². The maximum atomic E-state index is 13.4. The highest BCUT2D eigenvalue weighted by molar-refractivity contribution is 7.11. The molecule has 3 aromatic rings. The van der Waals surface area contributed by atoms with Crippen LogP contribution in [0.15, 0.2) is 71.7 Å². The maximum Gasteiger partial charge on any atom is 0.282 e. The Balaban J connectivity index is 1.76. The zero-order chi connectivity index (χ0) is 21.1. The van der Waals surface area contributed by atoms with Crippen LogP contribution >= 0.6 is 11.3 Å². The highest BCUT2D eigenvalue weighted by Gasteiger charge is 2.40. The average molecular weight is 420 g/mol. The first kappa shape index (κ1) is 19.7. The first-order valence-electron chi connectivity index (χ1n) is 9.43. The molecule has 4 rings (SSSR count). The van der Waals surface area contributed by atoms with Gasteiger partial charge in [-0.05, 0) is 42.6 Å². The molecular weight excluding hydrogens is 400 g/mol. The van der Waals surface area contributed by atoms with Crippen molar-refractivity contribution in [1.29, 1.82) is 0 Å². The summed E-state index contributed by atoms with van der Waals surface area (Å²) < 4.78 is 10.8. The van der Waals surface area contributed by atoms with E-state index < -0.39 is 5.91 Å². The molecular formula is C23H20N2O4S. The molecule has 1 N–H and O–H groups in total. The Morgan fingerprint density at radius 2 is 1.77 bits per heavy atom. The van der Waals surface area contributed by atoms with Crippen LogP contribution in [0.25, 0.3) is 5.57 Å². The monoisotopic (exact) mass is 420 g/mol. The van der Waals surface area contributed by atoms with Gasteiger partial charge in [-0.15, -0.1) is 11.3 Å². The molecule has 1 aromatic heterocycles. The fraction of sp³-hybridized carbons (Fsp3) is 0.130. The molecule has 0 aliphatic carbocycles. The van der Waals surface area contributed by atoms with Crippen LogP contribution < -0.4 is 19.7 Å². The van der Waals surface area contributed by atoms with Gasteiger partial charge >= 0.3 is 0 Å². The van der Waals surface area contributed by atoms with Gasteiger partial charge in [-0.1, -0.05) is 18.2 Å². The minimum atomic E-state index is -0.417. The molecule has 6 nitrogen and oxygen atoms in total. The topological polar surface area (TPSA) is 67.9 Å². The molecule has 2 aromatic carbocycles. The quantitative estimate of drug-likeness (QED) is 0.568. The number of thiophene rings is 1. The Morgan fingerprint density at radius 1 is 0.967 bits per heavy atom. The van der Waals surface area contributed by atoms with Crippen molar-refractivity contribution < 1.29 is 19.1 Å². The van der Waals surface area contributed by atoms with E-state index in [0.29, 0.717) is 35.1 Å². The summed E-state index contributed by atoms with van der Waals surface area (Å²) in [5, 5.41) is 5.01. The number of methoxy groups -OCH3 is 1. The lowest BCUT2D eigenvalue weighted by Gasteiger charge is -2.16. The van der Waals surface area contributed by atoms with Crippen molar-refractivity contribution in [1.82, 2.24) is 0 Å². The van der Waals surface area contributed by atoms with Crippen molar-refractivity contribution in [3.63, 3.8) is 0 Å².